The van der Waals surface area contributed by atoms with Gasteiger partial charge in [0.05, 0.1) is 6.61 Å². The minimum absolute atomic E-state index is 0.286. The smallest absolute Gasteiger partial charge is 0.330 e. The summed E-state index contributed by atoms with van der Waals surface area (Å²) in [4.78, 5) is 11.0. The fourth-order valence-corrected chi connectivity index (χ4v) is 1.64. The second-order valence-corrected chi connectivity index (χ2v) is 4.22. The minimum atomic E-state index is -0.286. The molecule has 0 atom stereocenters. The average Bonchev–Trinajstić information content (AvgIpc) is 2.43. The van der Waals surface area contributed by atoms with E-state index in [0.717, 1.165) is 25.9 Å². The van der Waals surface area contributed by atoms with Crippen LogP contribution in [0.5, 0.6) is 0 Å². The van der Waals surface area contributed by atoms with Gasteiger partial charge in [-0.25, -0.2) is 4.79 Å². The molecule has 1 aromatic carbocycles. The van der Waals surface area contributed by atoms with Gasteiger partial charge in [0.2, 0.25) is 0 Å². The van der Waals surface area contributed by atoms with E-state index in [4.69, 9.17) is 9.47 Å². The van der Waals surface area contributed by atoms with Crippen molar-refractivity contribution in [1.82, 2.24) is 0 Å². The van der Waals surface area contributed by atoms with Gasteiger partial charge in [-0.15, -0.1) is 0 Å². The number of hydrogen-bond donors (Lipinski definition) is 0. The highest BCUT2D eigenvalue weighted by Gasteiger charge is 1.96. The van der Waals surface area contributed by atoms with Crippen LogP contribution < -0.4 is 0 Å². The molecule has 0 aliphatic carbocycles. The fourth-order valence-electron chi connectivity index (χ4n) is 1.64. The summed E-state index contributed by atoms with van der Waals surface area (Å²) in [5, 5.41) is 0. The molecule has 104 valence electrons. The zero-order chi connectivity index (χ0) is 13.8. The van der Waals surface area contributed by atoms with E-state index >= 15 is 0 Å². The highest BCUT2D eigenvalue weighted by atomic mass is 16.5. The van der Waals surface area contributed by atoms with E-state index in [2.05, 4.69) is 24.3 Å². The Labute approximate surface area is 115 Å². The number of allylic oxidation sites excluding steroid dienone is 1. The summed E-state index contributed by atoms with van der Waals surface area (Å²) >= 11 is 0. The molecule has 0 aliphatic rings. The predicted molar refractivity (Wildman–Crippen MR) is 76.0 cm³/mol. The molecule has 0 radical (unpaired) electrons. The highest BCUT2D eigenvalue weighted by Crippen LogP contribution is 2.02. The summed E-state index contributed by atoms with van der Waals surface area (Å²) < 4.78 is 10.4. The normalized spacial score (nSPS) is 10.8. The Balaban J connectivity index is 1.90. The first-order valence-corrected chi connectivity index (χ1v) is 6.74. The van der Waals surface area contributed by atoms with E-state index < -0.39 is 0 Å². The van der Waals surface area contributed by atoms with Crippen LogP contribution in [0.3, 0.4) is 0 Å². The van der Waals surface area contributed by atoms with Crippen molar-refractivity contribution in [3.05, 3.63) is 48.0 Å². The Kier molecular flexibility index (Phi) is 8.39. The van der Waals surface area contributed by atoms with Gasteiger partial charge >= 0.3 is 5.97 Å². The van der Waals surface area contributed by atoms with E-state index in [0.29, 0.717) is 13.2 Å². The molecule has 1 aromatic rings. The van der Waals surface area contributed by atoms with Gasteiger partial charge in [-0.3, -0.25) is 0 Å². The third-order valence-corrected chi connectivity index (χ3v) is 2.58. The molecule has 1 rings (SSSR count). The number of hydrogen-bond acceptors (Lipinski definition) is 3. The molecule has 0 fully saturated rings. The van der Waals surface area contributed by atoms with Crippen LogP contribution in [0.4, 0.5) is 0 Å². The van der Waals surface area contributed by atoms with E-state index in [-0.39, 0.29) is 5.97 Å². The Morgan fingerprint density at radius 2 is 1.84 bits per heavy atom. The molecule has 0 N–H and O–H groups in total. The zero-order valence-corrected chi connectivity index (χ0v) is 11.5. The van der Waals surface area contributed by atoms with Crippen molar-refractivity contribution in [1.29, 1.82) is 0 Å². The Bertz CT molecular complexity index is 371. The third kappa shape index (κ3) is 8.16. The number of benzene rings is 1. The lowest BCUT2D eigenvalue weighted by atomic mass is 10.1. The summed E-state index contributed by atoms with van der Waals surface area (Å²) in [5.74, 6) is -0.286. The molecule has 3 nitrogen and oxygen atoms in total. The maximum Gasteiger partial charge on any atom is 0.330 e. The van der Waals surface area contributed by atoms with Crippen LogP contribution in [0.25, 0.3) is 0 Å². The fraction of sp³-hybridized carbons (Fsp3) is 0.438. The van der Waals surface area contributed by atoms with Gasteiger partial charge in [-0.2, -0.15) is 0 Å². The summed E-state index contributed by atoms with van der Waals surface area (Å²) in [6.07, 6.45) is 5.89. The maximum atomic E-state index is 11.0. The second-order valence-electron chi connectivity index (χ2n) is 4.22. The number of esters is 1. The number of carbonyl (C=O) groups excluding carboxylic acids is 1. The number of carbonyl (C=O) groups is 1. The van der Waals surface area contributed by atoms with Gasteiger partial charge in [-0.1, -0.05) is 36.4 Å². The Morgan fingerprint density at radius 3 is 2.58 bits per heavy atom. The lowest BCUT2D eigenvalue weighted by Gasteiger charge is -2.05. The van der Waals surface area contributed by atoms with Crippen LogP contribution in [0, 0.1) is 0 Å². The first kappa shape index (κ1) is 15.4. The largest absolute Gasteiger partial charge is 0.462 e. The van der Waals surface area contributed by atoms with Crippen LogP contribution in [0.15, 0.2) is 42.5 Å². The molecule has 0 aliphatic heterocycles. The lowest BCUT2D eigenvalue weighted by Crippen LogP contribution is -2.06. The molecule has 0 aromatic heterocycles. The van der Waals surface area contributed by atoms with Gasteiger partial charge in [0.15, 0.2) is 0 Å². The van der Waals surface area contributed by atoms with Crippen molar-refractivity contribution >= 4 is 5.97 Å². The molecule has 0 spiro atoms. The molecule has 0 heterocycles. The van der Waals surface area contributed by atoms with Crippen LogP contribution >= 0.6 is 0 Å². The second kappa shape index (κ2) is 10.3. The third-order valence-electron chi connectivity index (χ3n) is 2.58. The quantitative estimate of drug-likeness (QED) is 0.389. The van der Waals surface area contributed by atoms with Gasteiger partial charge in [0, 0.05) is 25.7 Å². The number of aryl methyl sites for hydroxylation is 1. The molecular formula is C16H22O3. The van der Waals surface area contributed by atoms with Crippen LogP contribution in [-0.2, 0) is 20.7 Å². The van der Waals surface area contributed by atoms with Crippen LogP contribution in [0.2, 0.25) is 0 Å². The predicted octanol–water partition coefficient (Wildman–Crippen LogP) is 3.15. The monoisotopic (exact) mass is 262 g/mol. The van der Waals surface area contributed by atoms with E-state index in [1.807, 2.05) is 6.07 Å². The summed E-state index contributed by atoms with van der Waals surface area (Å²) in [7, 11) is 0. The van der Waals surface area contributed by atoms with Crippen molar-refractivity contribution in [2.45, 2.75) is 26.2 Å². The SMILES string of the molecule is CC=CC(=O)OCCCOCCCc1ccccc1. The van der Waals surface area contributed by atoms with Gasteiger partial charge in [-0.05, 0) is 25.3 Å². The number of ether oxygens (including phenoxy) is 2. The summed E-state index contributed by atoms with van der Waals surface area (Å²) in [6, 6.07) is 10.4. The average molecular weight is 262 g/mol. The van der Waals surface area contributed by atoms with Crippen molar-refractivity contribution < 1.29 is 14.3 Å². The molecule has 3 heteroatoms. The van der Waals surface area contributed by atoms with Crippen molar-refractivity contribution in [2.75, 3.05) is 19.8 Å². The van der Waals surface area contributed by atoms with Gasteiger partial charge in [0.25, 0.3) is 0 Å². The van der Waals surface area contributed by atoms with Crippen molar-refractivity contribution in [2.24, 2.45) is 0 Å². The standard InChI is InChI=1S/C16H22O3/c1-2-8-16(17)19-14-7-13-18-12-6-11-15-9-4-3-5-10-15/h2-5,8-10H,6-7,11-14H2,1H3. The molecular weight excluding hydrogens is 240 g/mol. The van der Waals surface area contributed by atoms with Crippen molar-refractivity contribution in [3.63, 3.8) is 0 Å². The van der Waals surface area contributed by atoms with E-state index in [9.17, 15) is 4.79 Å². The first-order chi connectivity index (χ1) is 9.33. The molecule has 0 saturated heterocycles. The summed E-state index contributed by atoms with van der Waals surface area (Å²) in [5.41, 5.74) is 1.34. The lowest BCUT2D eigenvalue weighted by molar-refractivity contribution is -0.138. The van der Waals surface area contributed by atoms with Gasteiger partial charge < -0.3 is 9.47 Å². The van der Waals surface area contributed by atoms with E-state index in [1.54, 1.807) is 13.0 Å². The zero-order valence-electron chi connectivity index (χ0n) is 11.5. The van der Waals surface area contributed by atoms with Crippen molar-refractivity contribution in [3.8, 4) is 0 Å². The van der Waals surface area contributed by atoms with Crippen LogP contribution in [0.1, 0.15) is 25.3 Å². The molecule has 0 unspecified atom stereocenters. The highest BCUT2D eigenvalue weighted by molar-refractivity contribution is 5.81. The maximum absolute atomic E-state index is 11.0. The Hall–Kier alpha value is -1.61. The van der Waals surface area contributed by atoms with Crippen LogP contribution in [-0.4, -0.2) is 25.8 Å². The molecule has 0 saturated carbocycles. The number of rotatable bonds is 9. The topological polar surface area (TPSA) is 35.5 Å². The van der Waals surface area contributed by atoms with E-state index in [1.165, 1.54) is 11.6 Å². The molecule has 0 amide bonds. The molecule has 0 bridgehead atoms. The minimum Gasteiger partial charge on any atom is -0.462 e. The van der Waals surface area contributed by atoms with Gasteiger partial charge in [0.1, 0.15) is 0 Å². The summed E-state index contributed by atoms with van der Waals surface area (Å²) in [6.45, 7) is 3.59. The molecule has 19 heavy (non-hydrogen) atoms. The Morgan fingerprint density at radius 1 is 1.11 bits per heavy atom. The first-order valence-electron chi connectivity index (χ1n) is 6.74.